The van der Waals surface area contributed by atoms with E-state index in [0.717, 1.165) is 41.1 Å². The summed E-state index contributed by atoms with van der Waals surface area (Å²) in [6.07, 6.45) is 1.72. The Morgan fingerprint density at radius 3 is 2.55 bits per heavy atom. The summed E-state index contributed by atoms with van der Waals surface area (Å²) < 4.78 is 5.60. The summed E-state index contributed by atoms with van der Waals surface area (Å²) in [5, 5.41) is 4.62. The molecule has 3 aromatic rings. The van der Waals surface area contributed by atoms with Gasteiger partial charge in [0.15, 0.2) is 0 Å². The van der Waals surface area contributed by atoms with Crippen molar-refractivity contribution >= 4 is 34.4 Å². The number of rotatable bonds is 5. The van der Waals surface area contributed by atoms with Gasteiger partial charge in [0.25, 0.3) is 5.71 Å². The SMILES string of the molecule is CCCc1nc(N2CCN(C(=O)C(C)Cl)CC2)c2c(-c3ccccc3)noc2n1. The summed E-state index contributed by atoms with van der Waals surface area (Å²) in [7, 11) is 0. The summed E-state index contributed by atoms with van der Waals surface area (Å²) in [6.45, 7) is 6.37. The van der Waals surface area contributed by atoms with Gasteiger partial charge < -0.3 is 14.3 Å². The molecule has 0 radical (unpaired) electrons. The number of hydrogen-bond donors (Lipinski definition) is 0. The van der Waals surface area contributed by atoms with Crippen molar-refractivity contribution < 1.29 is 9.32 Å². The molecule has 3 heterocycles. The first-order valence-electron chi connectivity index (χ1n) is 9.98. The fourth-order valence-corrected chi connectivity index (χ4v) is 3.77. The molecule has 1 aromatic carbocycles. The standard InChI is InChI=1S/C21H24ClN5O2/c1-3-7-16-23-19(26-10-12-27(13-11-26)21(28)14(2)22)17-18(25-29-20(17)24-16)15-8-5-4-6-9-15/h4-6,8-9,14H,3,7,10-13H2,1-2H3. The second-order valence-electron chi connectivity index (χ2n) is 7.22. The van der Waals surface area contributed by atoms with Crippen LogP contribution >= 0.6 is 11.6 Å². The minimum absolute atomic E-state index is 0.0271. The Morgan fingerprint density at radius 1 is 1.17 bits per heavy atom. The van der Waals surface area contributed by atoms with Gasteiger partial charge in [-0.3, -0.25) is 4.79 Å². The number of piperazine rings is 1. The Bertz CT molecular complexity index is 997. The monoisotopic (exact) mass is 413 g/mol. The van der Waals surface area contributed by atoms with E-state index in [4.69, 9.17) is 21.1 Å². The third kappa shape index (κ3) is 3.92. The average molecular weight is 414 g/mol. The number of carbonyl (C=O) groups excluding carboxylic acids is 1. The van der Waals surface area contributed by atoms with E-state index in [-0.39, 0.29) is 5.91 Å². The lowest BCUT2D eigenvalue weighted by atomic mass is 10.1. The van der Waals surface area contributed by atoms with Gasteiger partial charge in [0.05, 0.1) is 0 Å². The van der Waals surface area contributed by atoms with Crippen molar-refractivity contribution in [2.75, 3.05) is 31.1 Å². The highest BCUT2D eigenvalue weighted by Crippen LogP contribution is 2.34. The van der Waals surface area contributed by atoms with Crippen LogP contribution in [0.25, 0.3) is 22.4 Å². The van der Waals surface area contributed by atoms with Crippen LogP contribution < -0.4 is 4.90 Å². The van der Waals surface area contributed by atoms with Gasteiger partial charge in [0, 0.05) is 38.2 Å². The van der Waals surface area contributed by atoms with E-state index in [2.05, 4.69) is 22.0 Å². The molecular weight excluding hydrogens is 390 g/mol. The molecule has 29 heavy (non-hydrogen) atoms. The first-order chi connectivity index (χ1) is 14.1. The number of amides is 1. The fourth-order valence-electron chi connectivity index (χ4n) is 3.63. The third-order valence-corrected chi connectivity index (χ3v) is 5.30. The summed E-state index contributed by atoms with van der Waals surface area (Å²) in [4.78, 5) is 25.7. The number of halogens is 1. The van der Waals surface area contributed by atoms with Crippen LogP contribution in [0.4, 0.5) is 5.82 Å². The molecule has 1 amide bonds. The molecule has 0 saturated carbocycles. The maximum Gasteiger partial charge on any atom is 0.263 e. The highest BCUT2D eigenvalue weighted by molar-refractivity contribution is 6.30. The number of fused-ring (bicyclic) bond motifs is 1. The molecule has 2 aromatic heterocycles. The Kier molecular flexibility index (Phi) is 5.67. The topological polar surface area (TPSA) is 75.4 Å². The largest absolute Gasteiger partial charge is 0.352 e. The van der Waals surface area contributed by atoms with E-state index < -0.39 is 5.38 Å². The molecular formula is C21H24ClN5O2. The first kappa shape index (κ1) is 19.6. The number of hydrogen-bond acceptors (Lipinski definition) is 6. The number of aryl methyl sites for hydroxylation is 1. The molecule has 1 fully saturated rings. The molecule has 1 atom stereocenters. The van der Waals surface area contributed by atoms with Crippen molar-refractivity contribution in [1.29, 1.82) is 0 Å². The van der Waals surface area contributed by atoms with E-state index in [1.54, 1.807) is 6.92 Å². The lowest BCUT2D eigenvalue weighted by molar-refractivity contribution is -0.130. The zero-order chi connectivity index (χ0) is 20.4. The van der Waals surface area contributed by atoms with E-state index in [1.165, 1.54) is 0 Å². The molecule has 0 aliphatic carbocycles. The van der Waals surface area contributed by atoms with Crippen molar-refractivity contribution in [3.05, 3.63) is 36.2 Å². The fraction of sp³-hybridized carbons (Fsp3) is 0.429. The number of aromatic nitrogens is 3. The van der Waals surface area contributed by atoms with Crippen LogP contribution in [0.2, 0.25) is 0 Å². The number of benzene rings is 1. The van der Waals surface area contributed by atoms with Gasteiger partial charge >= 0.3 is 0 Å². The molecule has 0 bridgehead atoms. The lowest BCUT2D eigenvalue weighted by Gasteiger charge is -2.36. The highest BCUT2D eigenvalue weighted by Gasteiger charge is 2.28. The number of nitrogens with zero attached hydrogens (tertiary/aromatic N) is 5. The van der Waals surface area contributed by atoms with Crippen molar-refractivity contribution in [3.63, 3.8) is 0 Å². The number of carbonyl (C=O) groups is 1. The molecule has 0 N–H and O–H groups in total. The number of alkyl halides is 1. The molecule has 1 saturated heterocycles. The quantitative estimate of drug-likeness (QED) is 0.596. The normalized spacial score (nSPS) is 15.7. The van der Waals surface area contributed by atoms with E-state index >= 15 is 0 Å². The maximum absolute atomic E-state index is 12.2. The summed E-state index contributed by atoms with van der Waals surface area (Å²) in [6, 6.07) is 9.91. The van der Waals surface area contributed by atoms with Gasteiger partial charge in [0.2, 0.25) is 5.91 Å². The van der Waals surface area contributed by atoms with Gasteiger partial charge in [-0.15, -0.1) is 11.6 Å². The van der Waals surface area contributed by atoms with Gasteiger partial charge in [-0.25, -0.2) is 4.98 Å². The van der Waals surface area contributed by atoms with Gasteiger partial charge in [0.1, 0.15) is 28.1 Å². The van der Waals surface area contributed by atoms with Crippen LogP contribution in [0.1, 0.15) is 26.1 Å². The van der Waals surface area contributed by atoms with E-state index in [0.29, 0.717) is 31.9 Å². The Balaban J connectivity index is 1.72. The van der Waals surface area contributed by atoms with Crippen LogP contribution in [0.15, 0.2) is 34.9 Å². The van der Waals surface area contributed by atoms with Crippen LogP contribution in [-0.2, 0) is 11.2 Å². The Labute approximate surface area is 174 Å². The average Bonchev–Trinajstić information content (AvgIpc) is 3.17. The minimum atomic E-state index is -0.508. The molecule has 1 aliphatic heterocycles. The minimum Gasteiger partial charge on any atom is -0.352 e. The number of anilines is 1. The molecule has 0 spiro atoms. The van der Waals surface area contributed by atoms with Crippen molar-refractivity contribution in [2.45, 2.75) is 32.1 Å². The zero-order valence-corrected chi connectivity index (χ0v) is 17.4. The van der Waals surface area contributed by atoms with Crippen LogP contribution in [0.5, 0.6) is 0 Å². The molecule has 8 heteroatoms. The van der Waals surface area contributed by atoms with E-state index in [9.17, 15) is 4.79 Å². The van der Waals surface area contributed by atoms with Gasteiger partial charge in [-0.05, 0) is 13.3 Å². The predicted molar refractivity (Wildman–Crippen MR) is 113 cm³/mol. The Morgan fingerprint density at radius 2 is 1.90 bits per heavy atom. The van der Waals surface area contributed by atoms with Crippen molar-refractivity contribution in [2.24, 2.45) is 0 Å². The summed E-state index contributed by atoms with van der Waals surface area (Å²) >= 11 is 5.98. The second-order valence-corrected chi connectivity index (χ2v) is 7.87. The van der Waals surface area contributed by atoms with E-state index in [1.807, 2.05) is 35.2 Å². The van der Waals surface area contributed by atoms with Crippen molar-refractivity contribution in [3.8, 4) is 11.3 Å². The predicted octanol–water partition coefficient (Wildman–Crippen LogP) is 3.51. The van der Waals surface area contributed by atoms with Gasteiger partial charge in [-0.2, -0.15) is 4.98 Å². The molecule has 7 nitrogen and oxygen atoms in total. The molecule has 1 aliphatic rings. The van der Waals surface area contributed by atoms with Crippen LogP contribution in [0.3, 0.4) is 0 Å². The third-order valence-electron chi connectivity index (χ3n) is 5.12. The lowest BCUT2D eigenvalue weighted by Crippen LogP contribution is -2.50. The summed E-state index contributed by atoms with van der Waals surface area (Å²) in [5.41, 5.74) is 2.21. The van der Waals surface area contributed by atoms with Crippen LogP contribution in [-0.4, -0.2) is 57.5 Å². The Hall–Kier alpha value is -2.67. The smallest absolute Gasteiger partial charge is 0.263 e. The van der Waals surface area contributed by atoms with Crippen LogP contribution in [0, 0.1) is 0 Å². The van der Waals surface area contributed by atoms with Gasteiger partial charge in [-0.1, -0.05) is 42.4 Å². The second kappa shape index (κ2) is 8.37. The maximum atomic E-state index is 12.2. The summed E-state index contributed by atoms with van der Waals surface area (Å²) in [5.74, 6) is 1.55. The molecule has 152 valence electrons. The highest BCUT2D eigenvalue weighted by atomic mass is 35.5. The van der Waals surface area contributed by atoms with Crippen molar-refractivity contribution in [1.82, 2.24) is 20.0 Å². The first-order valence-corrected chi connectivity index (χ1v) is 10.4. The molecule has 1 unspecified atom stereocenters. The molecule has 4 rings (SSSR count). The zero-order valence-electron chi connectivity index (χ0n) is 16.6.